The van der Waals surface area contributed by atoms with Crippen LogP contribution in [0.5, 0.6) is 11.5 Å². The molecule has 0 N–H and O–H groups in total. The van der Waals surface area contributed by atoms with Crippen LogP contribution in [0.15, 0.2) is 54.6 Å². The number of hydrogen-bond donors (Lipinski definition) is 0. The van der Waals surface area contributed by atoms with E-state index in [0.29, 0.717) is 11.3 Å². The standard InChI is InChI=1S/C14H14O4S/c1-17-13-8-5-9-14(10-13)18-19(15,16)11-12-6-3-2-4-7-12/h2-10H,11H2,1H3. The summed E-state index contributed by atoms with van der Waals surface area (Å²) in [4.78, 5) is 0. The van der Waals surface area contributed by atoms with Crippen molar-refractivity contribution >= 4 is 10.1 Å². The van der Waals surface area contributed by atoms with E-state index in [1.165, 1.54) is 13.2 Å². The van der Waals surface area contributed by atoms with E-state index in [1.54, 1.807) is 42.5 Å². The second-order valence-corrected chi connectivity index (χ2v) is 5.52. The van der Waals surface area contributed by atoms with Crippen molar-refractivity contribution in [1.82, 2.24) is 0 Å². The molecule has 0 aliphatic rings. The quantitative estimate of drug-likeness (QED) is 0.789. The van der Waals surface area contributed by atoms with Crippen molar-refractivity contribution in [3.63, 3.8) is 0 Å². The molecule has 0 aliphatic heterocycles. The van der Waals surface area contributed by atoms with Gasteiger partial charge in [-0.3, -0.25) is 0 Å². The van der Waals surface area contributed by atoms with Crippen molar-refractivity contribution < 1.29 is 17.3 Å². The molecule has 2 aromatic carbocycles. The molecule has 0 saturated carbocycles. The Hall–Kier alpha value is -2.01. The van der Waals surface area contributed by atoms with Crippen LogP contribution < -0.4 is 8.92 Å². The maximum Gasteiger partial charge on any atom is 0.313 e. The third-order valence-corrected chi connectivity index (χ3v) is 3.58. The van der Waals surface area contributed by atoms with Gasteiger partial charge in [0.25, 0.3) is 0 Å². The summed E-state index contributed by atoms with van der Waals surface area (Å²) in [6.45, 7) is 0. The van der Waals surface area contributed by atoms with E-state index in [-0.39, 0.29) is 11.5 Å². The summed E-state index contributed by atoms with van der Waals surface area (Å²) in [5, 5.41) is 0. The minimum Gasteiger partial charge on any atom is -0.497 e. The Morgan fingerprint density at radius 1 is 0.947 bits per heavy atom. The zero-order chi connectivity index (χ0) is 13.7. The Bertz CT molecular complexity index is 636. The van der Waals surface area contributed by atoms with Gasteiger partial charge in [0.2, 0.25) is 0 Å². The van der Waals surface area contributed by atoms with Gasteiger partial charge in [0.15, 0.2) is 0 Å². The molecule has 0 aliphatic carbocycles. The number of benzene rings is 2. The summed E-state index contributed by atoms with van der Waals surface area (Å²) in [5.41, 5.74) is 0.686. The molecule has 100 valence electrons. The van der Waals surface area contributed by atoms with Gasteiger partial charge in [0.05, 0.1) is 7.11 Å². The maximum atomic E-state index is 11.9. The minimum atomic E-state index is -3.67. The van der Waals surface area contributed by atoms with Crippen LogP contribution in [0.3, 0.4) is 0 Å². The number of rotatable bonds is 5. The van der Waals surface area contributed by atoms with Crippen LogP contribution in [0.2, 0.25) is 0 Å². The summed E-state index contributed by atoms with van der Waals surface area (Å²) < 4.78 is 33.9. The molecule has 0 amide bonds. The third kappa shape index (κ3) is 3.99. The van der Waals surface area contributed by atoms with Crippen LogP contribution in [0.1, 0.15) is 5.56 Å². The molecule has 0 spiro atoms. The van der Waals surface area contributed by atoms with E-state index in [9.17, 15) is 8.42 Å². The molecule has 0 fully saturated rings. The normalized spacial score (nSPS) is 11.0. The Morgan fingerprint density at radius 3 is 2.32 bits per heavy atom. The van der Waals surface area contributed by atoms with E-state index >= 15 is 0 Å². The summed E-state index contributed by atoms with van der Waals surface area (Å²) in [7, 11) is -2.16. The maximum absolute atomic E-state index is 11.9. The fraction of sp³-hybridized carbons (Fsp3) is 0.143. The van der Waals surface area contributed by atoms with Gasteiger partial charge in [-0.25, -0.2) is 0 Å². The van der Waals surface area contributed by atoms with Gasteiger partial charge < -0.3 is 8.92 Å². The lowest BCUT2D eigenvalue weighted by atomic mass is 10.2. The first-order valence-corrected chi connectivity index (χ1v) is 7.27. The number of methoxy groups -OCH3 is 1. The first-order valence-electron chi connectivity index (χ1n) is 5.69. The molecule has 0 saturated heterocycles. The largest absolute Gasteiger partial charge is 0.497 e. The summed E-state index contributed by atoms with van der Waals surface area (Å²) >= 11 is 0. The van der Waals surface area contributed by atoms with Crippen LogP contribution in [0.4, 0.5) is 0 Å². The van der Waals surface area contributed by atoms with Crippen LogP contribution in [-0.4, -0.2) is 15.5 Å². The van der Waals surface area contributed by atoms with Crippen LogP contribution >= 0.6 is 0 Å². The molecule has 0 aromatic heterocycles. The second-order valence-electron chi connectivity index (χ2n) is 3.95. The topological polar surface area (TPSA) is 52.6 Å². The van der Waals surface area contributed by atoms with E-state index in [2.05, 4.69) is 0 Å². The smallest absolute Gasteiger partial charge is 0.313 e. The lowest BCUT2D eigenvalue weighted by Gasteiger charge is -2.08. The highest BCUT2D eigenvalue weighted by molar-refractivity contribution is 7.86. The summed E-state index contributed by atoms with van der Waals surface area (Å²) in [5.74, 6) is 0.633. The van der Waals surface area contributed by atoms with Crippen LogP contribution in [0, 0.1) is 0 Å². The fourth-order valence-corrected chi connectivity index (χ4v) is 2.66. The van der Waals surface area contributed by atoms with Gasteiger partial charge in [0, 0.05) is 6.07 Å². The van der Waals surface area contributed by atoms with Gasteiger partial charge in [-0.2, -0.15) is 8.42 Å². The van der Waals surface area contributed by atoms with Gasteiger partial charge >= 0.3 is 10.1 Å². The second kappa shape index (κ2) is 5.75. The molecule has 4 nitrogen and oxygen atoms in total. The fourth-order valence-electron chi connectivity index (χ4n) is 1.61. The molecule has 0 unspecified atom stereocenters. The van der Waals surface area contributed by atoms with Crippen molar-refractivity contribution in [2.24, 2.45) is 0 Å². The lowest BCUT2D eigenvalue weighted by molar-refractivity contribution is 0.411. The molecule has 5 heteroatoms. The van der Waals surface area contributed by atoms with E-state index in [0.717, 1.165) is 0 Å². The molecule has 2 rings (SSSR count). The molecule has 0 radical (unpaired) electrons. The lowest BCUT2D eigenvalue weighted by Crippen LogP contribution is -2.12. The SMILES string of the molecule is COc1cccc(OS(=O)(=O)Cc2ccccc2)c1. The van der Waals surface area contributed by atoms with Gasteiger partial charge in [-0.15, -0.1) is 0 Å². The average molecular weight is 278 g/mol. The van der Waals surface area contributed by atoms with Crippen LogP contribution in [0.25, 0.3) is 0 Å². The van der Waals surface area contributed by atoms with Gasteiger partial charge in [-0.05, 0) is 17.7 Å². The van der Waals surface area contributed by atoms with Crippen molar-refractivity contribution in [3.8, 4) is 11.5 Å². The first kappa shape index (κ1) is 13.4. The third-order valence-electron chi connectivity index (χ3n) is 2.45. The zero-order valence-electron chi connectivity index (χ0n) is 10.4. The Balaban J connectivity index is 2.12. The Kier molecular flexibility index (Phi) is 4.06. The molecule has 0 heterocycles. The van der Waals surface area contributed by atoms with Gasteiger partial charge in [0.1, 0.15) is 17.3 Å². The molecular formula is C14H14O4S. The highest BCUT2D eigenvalue weighted by Crippen LogP contribution is 2.21. The highest BCUT2D eigenvalue weighted by atomic mass is 32.2. The van der Waals surface area contributed by atoms with E-state index in [4.69, 9.17) is 8.92 Å². The highest BCUT2D eigenvalue weighted by Gasteiger charge is 2.14. The molecule has 19 heavy (non-hydrogen) atoms. The van der Waals surface area contributed by atoms with Crippen molar-refractivity contribution in [2.45, 2.75) is 5.75 Å². The van der Waals surface area contributed by atoms with Crippen molar-refractivity contribution in [2.75, 3.05) is 7.11 Å². The molecule has 2 aromatic rings. The van der Waals surface area contributed by atoms with E-state index < -0.39 is 10.1 Å². The molecule has 0 atom stereocenters. The van der Waals surface area contributed by atoms with E-state index in [1.807, 2.05) is 6.07 Å². The van der Waals surface area contributed by atoms with Crippen molar-refractivity contribution in [1.29, 1.82) is 0 Å². The molecule has 0 bridgehead atoms. The van der Waals surface area contributed by atoms with Crippen LogP contribution in [-0.2, 0) is 15.9 Å². The Morgan fingerprint density at radius 2 is 1.63 bits per heavy atom. The van der Waals surface area contributed by atoms with Gasteiger partial charge in [-0.1, -0.05) is 36.4 Å². The zero-order valence-corrected chi connectivity index (χ0v) is 11.3. The minimum absolute atomic E-state index is 0.162. The first-order chi connectivity index (χ1) is 9.09. The summed E-state index contributed by atoms with van der Waals surface area (Å²) in [6.07, 6.45) is 0. The predicted molar refractivity (Wildman–Crippen MR) is 72.7 cm³/mol. The average Bonchev–Trinajstić information content (AvgIpc) is 2.39. The Labute approximate surface area is 112 Å². The summed E-state index contributed by atoms with van der Waals surface area (Å²) in [6, 6.07) is 15.4. The molecular weight excluding hydrogens is 264 g/mol. The monoisotopic (exact) mass is 278 g/mol. The number of hydrogen-bond acceptors (Lipinski definition) is 4. The number of ether oxygens (including phenoxy) is 1. The van der Waals surface area contributed by atoms with Crippen molar-refractivity contribution in [3.05, 3.63) is 60.2 Å². The predicted octanol–water partition coefficient (Wildman–Crippen LogP) is 2.60.